The minimum absolute atomic E-state index is 0.0496. The minimum atomic E-state index is -0.595. The number of hydrogen-bond donors (Lipinski definition) is 1. The number of aromatic amines is 1. The molecular formula is C26H34F2N2O. The lowest BCUT2D eigenvalue weighted by molar-refractivity contribution is -0.131. The van der Waals surface area contributed by atoms with Gasteiger partial charge in [0.25, 0.3) is 5.91 Å². The predicted molar refractivity (Wildman–Crippen MR) is 122 cm³/mol. The van der Waals surface area contributed by atoms with E-state index in [2.05, 4.69) is 24.8 Å². The zero-order chi connectivity index (χ0) is 22.4. The molecule has 0 radical (unpaired) electrons. The van der Waals surface area contributed by atoms with E-state index in [0.29, 0.717) is 17.3 Å². The molecule has 1 N–H and O–H groups in total. The molecule has 31 heavy (non-hydrogen) atoms. The Morgan fingerprint density at radius 2 is 1.81 bits per heavy atom. The van der Waals surface area contributed by atoms with E-state index in [1.54, 1.807) is 0 Å². The van der Waals surface area contributed by atoms with E-state index in [9.17, 15) is 13.6 Å². The van der Waals surface area contributed by atoms with E-state index in [0.717, 1.165) is 55.8 Å². The number of terminal acetylenes is 1. The number of nitrogens with one attached hydrogen (secondary N) is 1. The molecule has 1 aliphatic heterocycles. The fourth-order valence-corrected chi connectivity index (χ4v) is 4.99. The van der Waals surface area contributed by atoms with Gasteiger partial charge in [0.15, 0.2) is 0 Å². The van der Waals surface area contributed by atoms with Crippen molar-refractivity contribution in [2.45, 2.75) is 96.6 Å². The first-order valence-corrected chi connectivity index (χ1v) is 11.8. The number of fused-ring (bicyclic) bond motifs is 3. The van der Waals surface area contributed by atoms with Crippen LogP contribution in [0.2, 0.25) is 0 Å². The van der Waals surface area contributed by atoms with Crippen molar-refractivity contribution in [2.24, 2.45) is 0 Å². The highest BCUT2D eigenvalue weighted by Gasteiger charge is 2.38. The Kier molecular flexibility index (Phi) is 8.12. The smallest absolute Gasteiger partial charge is 0.299 e. The molecule has 1 aromatic carbocycles. The Labute approximate surface area is 184 Å². The van der Waals surface area contributed by atoms with E-state index in [-0.39, 0.29) is 18.0 Å². The van der Waals surface area contributed by atoms with Crippen molar-refractivity contribution < 1.29 is 13.6 Å². The molecule has 3 nitrogen and oxygen atoms in total. The van der Waals surface area contributed by atoms with Gasteiger partial charge in [-0.2, -0.15) is 0 Å². The standard InChI is InChI=1S/C26H34F2N2O/c1-4-7-9-10-11-12-14-23-26-21(20-15-18(27)16-22(28)25(20)29-26)17-19(13-8-5-2)30(23)24(31)6-3/h3,15-16,19,23,29H,4-5,7-14,17H2,1-2H3/t19-,23-/m0/s1. The van der Waals surface area contributed by atoms with Crippen LogP contribution in [0.25, 0.3) is 10.9 Å². The lowest BCUT2D eigenvalue weighted by Crippen LogP contribution is -2.47. The Balaban J connectivity index is 1.97. The molecule has 0 aliphatic carbocycles. The van der Waals surface area contributed by atoms with Gasteiger partial charge >= 0.3 is 0 Å². The third-order valence-electron chi connectivity index (χ3n) is 6.55. The molecule has 5 heteroatoms. The lowest BCUT2D eigenvalue weighted by Gasteiger charge is -2.41. The average Bonchev–Trinajstić information content (AvgIpc) is 3.12. The molecule has 1 aromatic heterocycles. The normalized spacial score (nSPS) is 18.2. The monoisotopic (exact) mass is 428 g/mol. The number of aromatic nitrogens is 1. The quantitative estimate of drug-likeness (QED) is 0.327. The molecule has 0 fully saturated rings. The van der Waals surface area contributed by atoms with Gasteiger partial charge in [-0.05, 0) is 36.8 Å². The maximum Gasteiger partial charge on any atom is 0.299 e. The maximum absolute atomic E-state index is 14.5. The Hall–Kier alpha value is -2.35. The largest absolute Gasteiger partial charge is 0.354 e. The summed E-state index contributed by atoms with van der Waals surface area (Å²) < 4.78 is 28.5. The van der Waals surface area contributed by atoms with Gasteiger partial charge in [0.1, 0.15) is 11.6 Å². The number of carbonyl (C=O) groups excluding carboxylic acids is 1. The van der Waals surface area contributed by atoms with Crippen molar-refractivity contribution >= 4 is 16.8 Å². The average molecular weight is 429 g/mol. The van der Waals surface area contributed by atoms with Gasteiger partial charge in [-0.15, -0.1) is 6.42 Å². The van der Waals surface area contributed by atoms with Crippen LogP contribution >= 0.6 is 0 Å². The van der Waals surface area contributed by atoms with E-state index in [1.165, 1.54) is 31.7 Å². The van der Waals surface area contributed by atoms with Crippen molar-refractivity contribution in [3.8, 4) is 12.3 Å². The number of halogens is 2. The fourth-order valence-electron chi connectivity index (χ4n) is 4.99. The van der Waals surface area contributed by atoms with E-state index in [1.807, 2.05) is 4.90 Å². The summed E-state index contributed by atoms with van der Waals surface area (Å²) in [6.07, 6.45) is 16.6. The van der Waals surface area contributed by atoms with Crippen LogP contribution in [-0.4, -0.2) is 21.8 Å². The predicted octanol–water partition coefficient (Wildman–Crippen LogP) is 6.81. The molecule has 2 atom stereocenters. The van der Waals surface area contributed by atoms with Crippen molar-refractivity contribution in [2.75, 3.05) is 0 Å². The molecular weight excluding hydrogens is 394 g/mol. The van der Waals surface area contributed by atoms with Gasteiger partial charge < -0.3 is 9.88 Å². The van der Waals surface area contributed by atoms with Crippen molar-refractivity contribution in [1.82, 2.24) is 9.88 Å². The number of unbranched alkanes of at least 4 members (excludes halogenated alkanes) is 6. The molecule has 3 rings (SSSR count). The lowest BCUT2D eigenvalue weighted by atomic mass is 9.86. The fraction of sp³-hybridized carbons (Fsp3) is 0.577. The van der Waals surface area contributed by atoms with Crippen LogP contribution in [0.1, 0.15) is 95.4 Å². The number of H-pyrrole nitrogens is 1. The molecule has 0 saturated carbocycles. The molecule has 0 saturated heterocycles. The van der Waals surface area contributed by atoms with Gasteiger partial charge in [-0.25, -0.2) is 8.78 Å². The van der Waals surface area contributed by atoms with Gasteiger partial charge in [0.2, 0.25) is 0 Å². The summed E-state index contributed by atoms with van der Waals surface area (Å²) in [6.45, 7) is 4.31. The summed E-state index contributed by atoms with van der Waals surface area (Å²) in [6, 6.07) is 2.04. The SMILES string of the molecule is C#CC(=O)N1[C@@H](CCCC)Cc2c([nH]c3c(F)cc(F)cc23)[C@@H]1CCCCCCCC. The van der Waals surface area contributed by atoms with Gasteiger partial charge in [0, 0.05) is 23.2 Å². The summed E-state index contributed by atoms with van der Waals surface area (Å²) in [5.74, 6) is 0.829. The summed E-state index contributed by atoms with van der Waals surface area (Å²) >= 11 is 0. The highest BCUT2D eigenvalue weighted by atomic mass is 19.1. The molecule has 2 aromatic rings. The molecule has 1 aliphatic rings. The van der Waals surface area contributed by atoms with Crippen LogP contribution in [-0.2, 0) is 11.2 Å². The Morgan fingerprint density at radius 3 is 2.52 bits per heavy atom. The topological polar surface area (TPSA) is 36.1 Å². The van der Waals surface area contributed by atoms with Crippen LogP contribution in [0.5, 0.6) is 0 Å². The highest BCUT2D eigenvalue weighted by molar-refractivity contribution is 5.94. The van der Waals surface area contributed by atoms with Crippen LogP contribution in [0.15, 0.2) is 12.1 Å². The van der Waals surface area contributed by atoms with Crippen LogP contribution in [0, 0.1) is 24.0 Å². The van der Waals surface area contributed by atoms with E-state index in [4.69, 9.17) is 6.42 Å². The number of benzene rings is 1. The molecule has 0 bridgehead atoms. The first-order valence-electron chi connectivity index (χ1n) is 11.8. The zero-order valence-corrected chi connectivity index (χ0v) is 18.8. The first kappa shape index (κ1) is 23.3. The summed E-state index contributed by atoms with van der Waals surface area (Å²) in [4.78, 5) is 17.9. The zero-order valence-electron chi connectivity index (χ0n) is 18.8. The van der Waals surface area contributed by atoms with Crippen molar-refractivity contribution in [3.63, 3.8) is 0 Å². The molecule has 2 heterocycles. The van der Waals surface area contributed by atoms with E-state index < -0.39 is 11.6 Å². The molecule has 168 valence electrons. The van der Waals surface area contributed by atoms with Crippen molar-refractivity contribution in [1.29, 1.82) is 0 Å². The number of carbonyl (C=O) groups is 1. The second kappa shape index (κ2) is 10.8. The summed E-state index contributed by atoms with van der Waals surface area (Å²) in [7, 11) is 0. The number of nitrogens with zero attached hydrogens (tertiary/aromatic N) is 1. The highest BCUT2D eigenvalue weighted by Crippen LogP contribution is 2.41. The van der Waals surface area contributed by atoms with Crippen LogP contribution in [0.3, 0.4) is 0 Å². The van der Waals surface area contributed by atoms with Gasteiger partial charge in [-0.3, -0.25) is 4.79 Å². The van der Waals surface area contributed by atoms with E-state index >= 15 is 0 Å². The van der Waals surface area contributed by atoms with Gasteiger partial charge in [-0.1, -0.05) is 65.2 Å². The Morgan fingerprint density at radius 1 is 1.10 bits per heavy atom. The number of amides is 1. The number of hydrogen-bond acceptors (Lipinski definition) is 1. The minimum Gasteiger partial charge on any atom is -0.354 e. The molecule has 0 spiro atoms. The van der Waals surface area contributed by atoms with Crippen LogP contribution in [0.4, 0.5) is 8.78 Å². The second-order valence-corrected chi connectivity index (χ2v) is 8.76. The second-order valence-electron chi connectivity index (χ2n) is 8.76. The maximum atomic E-state index is 14.5. The number of rotatable bonds is 10. The first-order chi connectivity index (χ1) is 15.0. The van der Waals surface area contributed by atoms with Crippen molar-refractivity contribution in [3.05, 3.63) is 35.0 Å². The van der Waals surface area contributed by atoms with Gasteiger partial charge in [0.05, 0.1) is 11.6 Å². The van der Waals surface area contributed by atoms with Crippen LogP contribution < -0.4 is 0 Å². The third kappa shape index (κ3) is 5.11. The molecule has 0 unspecified atom stereocenters. The Bertz CT molecular complexity index is 943. The summed E-state index contributed by atoms with van der Waals surface area (Å²) in [5.41, 5.74) is 2.08. The third-order valence-corrected chi connectivity index (χ3v) is 6.55. The molecule has 1 amide bonds. The summed E-state index contributed by atoms with van der Waals surface area (Å²) in [5, 5.41) is 0.592.